The molecule has 0 aliphatic heterocycles. The first-order chi connectivity index (χ1) is 8.19. The van der Waals surface area contributed by atoms with Gasteiger partial charge in [-0.3, -0.25) is 11.3 Å². The number of unbranched alkanes of at least 4 members (excludes halogenated alkanes) is 2. The van der Waals surface area contributed by atoms with E-state index < -0.39 is 0 Å². The lowest BCUT2D eigenvalue weighted by atomic mass is 10.0. The van der Waals surface area contributed by atoms with Crippen LogP contribution in [0.2, 0.25) is 5.02 Å². The third-order valence-corrected chi connectivity index (χ3v) is 3.26. The van der Waals surface area contributed by atoms with Crippen molar-refractivity contribution >= 4 is 11.6 Å². The molecule has 0 aliphatic carbocycles. The lowest BCUT2D eigenvalue weighted by Crippen LogP contribution is -2.37. The fraction of sp³-hybridized carbons (Fsp3) is 0.538. The summed E-state index contributed by atoms with van der Waals surface area (Å²) in [5.74, 6) is 5.23. The summed E-state index contributed by atoms with van der Waals surface area (Å²) in [7, 11) is 0. The van der Waals surface area contributed by atoms with E-state index in [0.717, 1.165) is 19.3 Å². The molecule has 0 spiro atoms. The Morgan fingerprint density at radius 3 is 2.76 bits per heavy atom. The first kappa shape index (κ1) is 14.4. The molecular weight excluding hydrogens is 239 g/mol. The quantitative estimate of drug-likeness (QED) is 0.447. The van der Waals surface area contributed by atoms with Crippen LogP contribution >= 0.6 is 11.6 Å². The van der Waals surface area contributed by atoms with Gasteiger partial charge in [0.2, 0.25) is 0 Å². The number of hydrogen-bond donors (Lipinski definition) is 2. The van der Waals surface area contributed by atoms with Gasteiger partial charge in [0.1, 0.15) is 5.82 Å². The Balaban J connectivity index is 2.60. The molecule has 96 valence electrons. The first-order valence-corrected chi connectivity index (χ1v) is 6.45. The molecule has 0 heterocycles. The zero-order chi connectivity index (χ0) is 12.7. The smallest absolute Gasteiger partial charge is 0.127 e. The molecule has 1 aromatic carbocycles. The van der Waals surface area contributed by atoms with E-state index in [9.17, 15) is 4.39 Å². The molecule has 1 aromatic rings. The molecule has 0 aliphatic rings. The standard InChI is InChI=1S/C13H20ClFN2/c1-2-3-4-6-10(17-16)9-11-12(14)7-5-8-13(11)15/h5,7-8,10,17H,2-4,6,9,16H2,1H3. The van der Waals surface area contributed by atoms with Crippen molar-refractivity contribution < 1.29 is 4.39 Å². The number of nitrogens with one attached hydrogen (secondary N) is 1. The van der Waals surface area contributed by atoms with Gasteiger partial charge in [-0.05, 0) is 25.0 Å². The zero-order valence-electron chi connectivity index (χ0n) is 10.2. The van der Waals surface area contributed by atoms with Crippen molar-refractivity contribution in [3.05, 3.63) is 34.6 Å². The van der Waals surface area contributed by atoms with E-state index in [1.165, 1.54) is 12.5 Å². The van der Waals surface area contributed by atoms with Gasteiger partial charge in [0, 0.05) is 16.6 Å². The van der Waals surface area contributed by atoms with E-state index in [0.29, 0.717) is 17.0 Å². The number of hydrazine groups is 1. The average Bonchev–Trinajstić information content (AvgIpc) is 2.32. The van der Waals surface area contributed by atoms with Gasteiger partial charge in [-0.1, -0.05) is 43.9 Å². The fourth-order valence-electron chi connectivity index (χ4n) is 1.86. The van der Waals surface area contributed by atoms with Crippen LogP contribution in [-0.4, -0.2) is 6.04 Å². The largest absolute Gasteiger partial charge is 0.271 e. The fourth-order valence-corrected chi connectivity index (χ4v) is 2.10. The molecule has 1 unspecified atom stereocenters. The molecule has 1 atom stereocenters. The Labute approximate surface area is 107 Å². The van der Waals surface area contributed by atoms with Crippen molar-refractivity contribution in [2.75, 3.05) is 0 Å². The van der Waals surface area contributed by atoms with Gasteiger partial charge in [-0.2, -0.15) is 0 Å². The van der Waals surface area contributed by atoms with Gasteiger partial charge in [-0.15, -0.1) is 0 Å². The SMILES string of the molecule is CCCCCC(Cc1c(F)cccc1Cl)NN. The second-order valence-corrected chi connectivity index (χ2v) is 4.67. The second-order valence-electron chi connectivity index (χ2n) is 4.26. The van der Waals surface area contributed by atoms with Crippen molar-refractivity contribution in [3.8, 4) is 0 Å². The van der Waals surface area contributed by atoms with Crippen LogP contribution < -0.4 is 11.3 Å². The summed E-state index contributed by atoms with van der Waals surface area (Å²) in [5, 5.41) is 0.473. The number of halogens is 2. The van der Waals surface area contributed by atoms with Crippen LogP contribution in [0.5, 0.6) is 0 Å². The molecule has 4 heteroatoms. The van der Waals surface area contributed by atoms with Crippen LogP contribution in [-0.2, 0) is 6.42 Å². The van der Waals surface area contributed by atoms with E-state index >= 15 is 0 Å². The van der Waals surface area contributed by atoms with E-state index in [1.54, 1.807) is 12.1 Å². The molecule has 0 aromatic heterocycles. The lowest BCUT2D eigenvalue weighted by molar-refractivity contribution is 0.458. The molecule has 0 saturated heterocycles. The predicted octanol–water partition coefficient (Wildman–Crippen LogP) is 3.43. The van der Waals surface area contributed by atoms with Gasteiger partial charge < -0.3 is 0 Å². The summed E-state index contributed by atoms with van der Waals surface area (Å²) >= 11 is 5.98. The summed E-state index contributed by atoms with van der Waals surface area (Å²) in [6, 6.07) is 4.83. The van der Waals surface area contributed by atoms with E-state index in [4.69, 9.17) is 17.4 Å². The molecule has 0 bridgehead atoms. The van der Waals surface area contributed by atoms with Crippen LogP contribution in [0.1, 0.15) is 38.2 Å². The van der Waals surface area contributed by atoms with Crippen LogP contribution in [0.25, 0.3) is 0 Å². The highest BCUT2D eigenvalue weighted by Crippen LogP contribution is 2.21. The van der Waals surface area contributed by atoms with Gasteiger partial charge in [0.15, 0.2) is 0 Å². The predicted molar refractivity (Wildman–Crippen MR) is 70.4 cm³/mol. The molecule has 0 saturated carbocycles. The Bertz CT molecular complexity index is 324. The minimum Gasteiger partial charge on any atom is -0.271 e. The number of nitrogens with two attached hydrogens (primary N) is 1. The molecule has 0 fully saturated rings. The van der Waals surface area contributed by atoms with E-state index in [2.05, 4.69) is 12.3 Å². The summed E-state index contributed by atoms with van der Waals surface area (Å²) < 4.78 is 13.6. The summed E-state index contributed by atoms with van der Waals surface area (Å²) in [6.45, 7) is 2.15. The van der Waals surface area contributed by atoms with Crippen molar-refractivity contribution in [1.82, 2.24) is 5.43 Å². The normalized spacial score (nSPS) is 12.7. The number of hydrogen-bond acceptors (Lipinski definition) is 2. The third kappa shape index (κ3) is 4.62. The summed E-state index contributed by atoms with van der Waals surface area (Å²) in [4.78, 5) is 0. The van der Waals surface area contributed by atoms with Crippen LogP contribution in [0.4, 0.5) is 4.39 Å². The molecular formula is C13H20ClFN2. The monoisotopic (exact) mass is 258 g/mol. The highest BCUT2D eigenvalue weighted by Gasteiger charge is 2.13. The number of rotatable bonds is 7. The molecule has 2 nitrogen and oxygen atoms in total. The highest BCUT2D eigenvalue weighted by atomic mass is 35.5. The topological polar surface area (TPSA) is 38.0 Å². The van der Waals surface area contributed by atoms with E-state index in [-0.39, 0.29) is 11.9 Å². The minimum atomic E-state index is -0.256. The van der Waals surface area contributed by atoms with Crippen molar-refractivity contribution in [1.29, 1.82) is 0 Å². The van der Waals surface area contributed by atoms with Gasteiger partial charge in [-0.25, -0.2) is 4.39 Å². The van der Waals surface area contributed by atoms with Gasteiger partial charge >= 0.3 is 0 Å². The summed E-state index contributed by atoms with van der Waals surface area (Å²) in [6.07, 6.45) is 4.90. The third-order valence-electron chi connectivity index (χ3n) is 2.90. The highest BCUT2D eigenvalue weighted by molar-refractivity contribution is 6.31. The maximum Gasteiger partial charge on any atom is 0.127 e. The van der Waals surface area contributed by atoms with Gasteiger partial charge in [0.05, 0.1) is 0 Å². The average molecular weight is 259 g/mol. The van der Waals surface area contributed by atoms with Gasteiger partial charge in [0.25, 0.3) is 0 Å². The lowest BCUT2D eigenvalue weighted by Gasteiger charge is -2.16. The van der Waals surface area contributed by atoms with Crippen molar-refractivity contribution in [2.24, 2.45) is 5.84 Å². The zero-order valence-corrected chi connectivity index (χ0v) is 10.9. The molecule has 17 heavy (non-hydrogen) atoms. The Morgan fingerprint density at radius 1 is 1.41 bits per heavy atom. The summed E-state index contributed by atoms with van der Waals surface area (Å²) in [5.41, 5.74) is 3.29. The molecule has 1 rings (SSSR count). The Kier molecular flexibility index (Phi) is 6.48. The van der Waals surface area contributed by atoms with Crippen LogP contribution in [0.15, 0.2) is 18.2 Å². The Hall–Kier alpha value is -0.640. The number of benzene rings is 1. The maximum atomic E-state index is 13.6. The van der Waals surface area contributed by atoms with Crippen molar-refractivity contribution in [3.63, 3.8) is 0 Å². The van der Waals surface area contributed by atoms with E-state index in [1.807, 2.05) is 0 Å². The molecule has 0 radical (unpaired) electrons. The van der Waals surface area contributed by atoms with Crippen molar-refractivity contribution in [2.45, 2.75) is 45.1 Å². The second kappa shape index (κ2) is 7.64. The van der Waals surface area contributed by atoms with Crippen LogP contribution in [0, 0.1) is 5.82 Å². The first-order valence-electron chi connectivity index (χ1n) is 6.08. The molecule has 3 N–H and O–H groups in total. The van der Waals surface area contributed by atoms with Crippen LogP contribution in [0.3, 0.4) is 0 Å². The molecule has 0 amide bonds. The Morgan fingerprint density at radius 2 is 2.18 bits per heavy atom. The minimum absolute atomic E-state index is 0.0796. The maximum absolute atomic E-state index is 13.6.